The molecule has 0 aliphatic heterocycles. The molecule has 0 spiro atoms. The minimum atomic E-state index is 0.455. The Bertz CT molecular complexity index is 383. The van der Waals surface area contributed by atoms with Crippen LogP contribution in [0.5, 0.6) is 5.88 Å². The maximum absolute atomic E-state index is 5.83. The third-order valence-corrected chi connectivity index (χ3v) is 3.51. The highest BCUT2D eigenvalue weighted by molar-refractivity contribution is 9.10. The zero-order valence-corrected chi connectivity index (χ0v) is 14.5. The van der Waals surface area contributed by atoms with E-state index in [0.717, 1.165) is 35.5 Å². The smallest absolute Gasteiger partial charge is 0.217 e. The van der Waals surface area contributed by atoms with Crippen LogP contribution in [0.4, 0.5) is 0 Å². The first-order valence-corrected chi connectivity index (χ1v) is 8.43. The number of rotatable bonds is 10. The van der Waals surface area contributed by atoms with Crippen LogP contribution < -0.4 is 10.1 Å². The van der Waals surface area contributed by atoms with E-state index in [1.165, 1.54) is 25.7 Å². The standard InChI is InChI=1S/C16H27BrN2O/c1-4-5-6-7-8-9-20-16-14(11-18-13(2)3)10-15(17)12-19-16/h10,12-13,18H,4-9,11H2,1-3H3. The van der Waals surface area contributed by atoms with E-state index in [1.807, 2.05) is 0 Å². The van der Waals surface area contributed by atoms with Gasteiger partial charge in [-0.15, -0.1) is 0 Å². The molecule has 20 heavy (non-hydrogen) atoms. The van der Waals surface area contributed by atoms with E-state index in [0.29, 0.717) is 6.04 Å². The van der Waals surface area contributed by atoms with Gasteiger partial charge in [-0.2, -0.15) is 0 Å². The van der Waals surface area contributed by atoms with Gasteiger partial charge in [-0.05, 0) is 28.4 Å². The molecule has 1 heterocycles. The lowest BCUT2D eigenvalue weighted by Gasteiger charge is -2.13. The van der Waals surface area contributed by atoms with E-state index in [9.17, 15) is 0 Å². The summed E-state index contributed by atoms with van der Waals surface area (Å²) in [4.78, 5) is 4.38. The Hall–Kier alpha value is -0.610. The lowest BCUT2D eigenvalue weighted by atomic mass is 10.2. The molecule has 1 N–H and O–H groups in total. The van der Waals surface area contributed by atoms with Gasteiger partial charge in [0.2, 0.25) is 5.88 Å². The van der Waals surface area contributed by atoms with Crippen molar-refractivity contribution in [1.82, 2.24) is 10.3 Å². The van der Waals surface area contributed by atoms with Gasteiger partial charge >= 0.3 is 0 Å². The molecule has 0 atom stereocenters. The molecule has 1 rings (SSSR count). The number of hydrogen-bond donors (Lipinski definition) is 1. The molecule has 4 heteroatoms. The molecular weight excluding hydrogens is 316 g/mol. The fourth-order valence-electron chi connectivity index (χ4n) is 1.91. The minimum absolute atomic E-state index is 0.455. The summed E-state index contributed by atoms with van der Waals surface area (Å²) in [5, 5.41) is 3.41. The van der Waals surface area contributed by atoms with Crippen LogP contribution in [0.25, 0.3) is 0 Å². The van der Waals surface area contributed by atoms with Crippen molar-refractivity contribution in [3.8, 4) is 5.88 Å². The number of nitrogens with one attached hydrogen (secondary N) is 1. The number of ether oxygens (including phenoxy) is 1. The molecule has 0 aliphatic rings. The topological polar surface area (TPSA) is 34.1 Å². The predicted octanol–water partition coefficient (Wildman–Crippen LogP) is 4.69. The van der Waals surface area contributed by atoms with E-state index < -0.39 is 0 Å². The maximum atomic E-state index is 5.83. The second kappa shape index (κ2) is 10.2. The first-order chi connectivity index (χ1) is 9.63. The lowest BCUT2D eigenvalue weighted by Crippen LogP contribution is -2.22. The summed E-state index contributed by atoms with van der Waals surface area (Å²) in [6, 6.07) is 2.53. The Balaban J connectivity index is 2.43. The SMILES string of the molecule is CCCCCCCOc1ncc(Br)cc1CNC(C)C. The Labute approximate surface area is 131 Å². The van der Waals surface area contributed by atoms with Crippen LogP contribution in [-0.2, 0) is 6.54 Å². The molecule has 0 aromatic carbocycles. The molecule has 0 fully saturated rings. The Kier molecular flexibility index (Phi) is 8.86. The fourth-order valence-corrected chi connectivity index (χ4v) is 2.29. The van der Waals surface area contributed by atoms with Crippen LogP contribution in [0.2, 0.25) is 0 Å². The molecule has 1 aromatic heterocycles. The number of halogens is 1. The monoisotopic (exact) mass is 342 g/mol. The first-order valence-electron chi connectivity index (χ1n) is 7.64. The van der Waals surface area contributed by atoms with E-state index in [-0.39, 0.29) is 0 Å². The average Bonchev–Trinajstić information content (AvgIpc) is 2.42. The predicted molar refractivity (Wildman–Crippen MR) is 88.2 cm³/mol. The number of hydrogen-bond acceptors (Lipinski definition) is 3. The van der Waals surface area contributed by atoms with E-state index in [1.54, 1.807) is 6.20 Å². The normalized spacial score (nSPS) is 11.1. The number of pyridine rings is 1. The molecule has 0 bridgehead atoms. The zero-order chi connectivity index (χ0) is 14.8. The van der Waals surface area contributed by atoms with Gasteiger partial charge in [0.25, 0.3) is 0 Å². The summed E-state index contributed by atoms with van der Waals surface area (Å²) in [5.74, 6) is 0.761. The highest BCUT2D eigenvalue weighted by Crippen LogP contribution is 2.20. The Morgan fingerprint density at radius 2 is 2.00 bits per heavy atom. The van der Waals surface area contributed by atoms with E-state index >= 15 is 0 Å². The summed E-state index contributed by atoms with van der Waals surface area (Å²) in [6.07, 6.45) is 8.04. The van der Waals surface area contributed by atoms with Crippen molar-refractivity contribution >= 4 is 15.9 Å². The highest BCUT2D eigenvalue weighted by atomic mass is 79.9. The quantitative estimate of drug-likeness (QED) is 0.626. The fraction of sp³-hybridized carbons (Fsp3) is 0.688. The Morgan fingerprint density at radius 1 is 1.25 bits per heavy atom. The minimum Gasteiger partial charge on any atom is -0.477 e. The maximum Gasteiger partial charge on any atom is 0.217 e. The van der Waals surface area contributed by atoms with Crippen LogP contribution in [0.15, 0.2) is 16.7 Å². The summed E-state index contributed by atoms with van der Waals surface area (Å²) < 4.78 is 6.83. The second-order valence-corrected chi connectivity index (χ2v) is 6.33. The highest BCUT2D eigenvalue weighted by Gasteiger charge is 2.07. The van der Waals surface area contributed by atoms with E-state index in [4.69, 9.17) is 4.74 Å². The van der Waals surface area contributed by atoms with Crippen molar-refractivity contribution in [2.45, 2.75) is 65.5 Å². The van der Waals surface area contributed by atoms with Gasteiger partial charge in [0.1, 0.15) is 0 Å². The van der Waals surface area contributed by atoms with Gasteiger partial charge in [0.15, 0.2) is 0 Å². The Morgan fingerprint density at radius 3 is 2.70 bits per heavy atom. The number of aromatic nitrogens is 1. The first kappa shape index (κ1) is 17.4. The third kappa shape index (κ3) is 7.25. The van der Waals surface area contributed by atoms with Crippen LogP contribution in [0.1, 0.15) is 58.4 Å². The van der Waals surface area contributed by atoms with Crippen LogP contribution >= 0.6 is 15.9 Å². The van der Waals surface area contributed by atoms with Gasteiger partial charge in [-0.25, -0.2) is 4.98 Å². The molecule has 0 saturated carbocycles. The van der Waals surface area contributed by atoms with Crippen molar-refractivity contribution in [2.75, 3.05) is 6.61 Å². The second-order valence-electron chi connectivity index (χ2n) is 5.42. The molecule has 0 radical (unpaired) electrons. The van der Waals surface area contributed by atoms with Crippen molar-refractivity contribution in [3.05, 3.63) is 22.3 Å². The van der Waals surface area contributed by atoms with E-state index in [2.05, 4.69) is 53.1 Å². The molecule has 0 aliphatic carbocycles. The van der Waals surface area contributed by atoms with Gasteiger partial charge in [0.05, 0.1) is 6.61 Å². The zero-order valence-electron chi connectivity index (χ0n) is 12.9. The molecule has 1 aromatic rings. The van der Waals surface area contributed by atoms with Crippen molar-refractivity contribution < 1.29 is 4.74 Å². The van der Waals surface area contributed by atoms with Gasteiger partial charge < -0.3 is 10.1 Å². The molecule has 0 amide bonds. The van der Waals surface area contributed by atoms with Crippen molar-refractivity contribution in [2.24, 2.45) is 0 Å². The van der Waals surface area contributed by atoms with Crippen LogP contribution in [0, 0.1) is 0 Å². The number of nitrogens with zero attached hydrogens (tertiary/aromatic N) is 1. The summed E-state index contributed by atoms with van der Waals surface area (Å²) in [6.45, 7) is 8.05. The molecule has 3 nitrogen and oxygen atoms in total. The van der Waals surface area contributed by atoms with Gasteiger partial charge in [-0.3, -0.25) is 0 Å². The van der Waals surface area contributed by atoms with Gasteiger partial charge in [0, 0.05) is 28.8 Å². The lowest BCUT2D eigenvalue weighted by molar-refractivity contribution is 0.289. The molecule has 0 saturated heterocycles. The third-order valence-electron chi connectivity index (χ3n) is 3.08. The molecule has 114 valence electrons. The van der Waals surface area contributed by atoms with Crippen molar-refractivity contribution in [1.29, 1.82) is 0 Å². The molecular formula is C16H27BrN2O. The summed E-state index contributed by atoms with van der Waals surface area (Å²) >= 11 is 3.47. The summed E-state index contributed by atoms with van der Waals surface area (Å²) in [5.41, 5.74) is 1.11. The summed E-state index contributed by atoms with van der Waals surface area (Å²) in [7, 11) is 0. The van der Waals surface area contributed by atoms with Crippen molar-refractivity contribution in [3.63, 3.8) is 0 Å². The number of unbranched alkanes of at least 4 members (excludes halogenated alkanes) is 4. The largest absolute Gasteiger partial charge is 0.477 e. The average molecular weight is 343 g/mol. The van der Waals surface area contributed by atoms with Crippen LogP contribution in [-0.4, -0.2) is 17.6 Å². The van der Waals surface area contributed by atoms with Gasteiger partial charge in [-0.1, -0.05) is 46.5 Å². The van der Waals surface area contributed by atoms with Crippen LogP contribution in [0.3, 0.4) is 0 Å². The molecule has 0 unspecified atom stereocenters.